The average Bonchev–Trinajstić information content (AvgIpc) is 3.22. The third kappa shape index (κ3) is 4.81. The van der Waals surface area contributed by atoms with Gasteiger partial charge in [0.1, 0.15) is 5.82 Å². The van der Waals surface area contributed by atoms with Crippen molar-refractivity contribution in [3.63, 3.8) is 0 Å². The molecule has 2 heterocycles. The molecule has 0 saturated heterocycles. The van der Waals surface area contributed by atoms with Crippen LogP contribution in [0.25, 0.3) is 5.82 Å². The Bertz CT molecular complexity index is 1010. The highest BCUT2D eigenvalue weighted by atomic mass is 32.2. The first-order chi connectivity index (χ1) is 13.5. The molecule has 2 N–H and O–H groups in total. The Hall–Kier alpha value is -3.05. The molecule has 2 aromatic heterocycles. The summed E-state index contributed by atoms with van der Waals surface area (Å²) in [6, 6.07) is 8.73. The van der Waals surface area contributed by atoms with Crippen molar-refractivity contribution < 1.29 is 17.5 Å². The molecule has 0 amide bonds. The number of nitrogens with one attached hydrogen (secondary N) is 2. The lowest BCUT2D eigenvalue weighted by atomic mass is 10.3. The molecule has 28 heavy (non-hydrogen) atoms. The van der Waals surface area contributed by atoms with E-state index in [9.17, 15) is 12.8 Å². The molecule has 148 valence electrons. The van der Waals surface area contributed by atoms with Gasteiger partial charge in [0.15, 0.2) is 17.4 Å². The lowest BCUT2D eigenvalue weighted by Crippen LogP contribution is -2.29. The van der Waals surface area contributed by atoms with Crippen LogP contribution in [0.15, 0.2) is 53.7 Å². The van der Waals surface area contributed by atoms with Crippen LogP contribution in [0.1, 0.15) is 6.92 Å². The van der Waals surface area contributed by atoms with Crippen LogP contribution in [0.3, 0.4) is 0 Å². The van der Waals surface area contributed by atoms with Crippen LogP contribution >= 0.6 is 0 Å². The number of hydrogen-bond donors (Lipinski definition) is 2. The van der Waals surface area contributed by atoms with E-state index in [1.165, 1.54) is 12.1 Å². The second-order valence-corrected chi connectivity index (χ2v) is 7.34. The Balaban J connectivity index is 1.52. The summed E-state index contributed by atoms with van der Waals surface area (Å²) in [6.45, 7) is 2.36. The summed E-state index contributed by atoms with van der Waals surface area (Å²) < 4.78 is 47.4. The quantitative estimate of drug-likeness (QED) is 0.519. The molecule has 0 unspecified atom stereocenters. The molecule has 0 fully saturated rings. The summed E-state index contributed by atoms with van der Waals surface area (Å²) in [5.74, 6) is 0.339. The molecule has 0 aliphatic carbocycles. The number of anilines is 1. The molecule has 9 nitrogen and oxygen atoms in total. The van der Waals surface area contributed by atoms with Crippen molar-refractivity contribution in [3.05, 3.63) is 54.6 Å². The van der Waals surface area contributed by atoms with Crippen molar-refractivity contribution in [3.8, 4) is 11.6 Å². The minimum atomic E-state index is -3.84. The fourth-order valence-electron chi connectivity index (χ4n) is 2.33. The topological polar surface area (TPSA) is 111 Å². The Labute approximate surface area is 161 Å². The highest BCUT2D eigenvalue weighted by molar-refractivity contribution is 7.89. The minimum Gasteiger partial charge on any atom is -0.491 e. The molecule has 0 atom stereocenters. The van der Waals surface area contributed by atoms with Gasteiger partial charge in [-0.25, -0.2) is 22.2 Å². The predicted octanol–water partition coefficient (Wildman–Crippen LogP) is 1.59. The normalized spacial score (nSPS) is 11.4. The Morgan fingerprint density at radius 3 is 2.68 bits per heavy atom. The van der Waals surface area contributed by atoms with Gasteiger partial charge in [0.05, 0.1) is 11.5 Å². The third-order valence-electron chi connectivity index (χ3n) is 3.63. The van der Waals surface area contributed by atoms with Crippen LogP contribution in [-0.4, -0.2) is 48.1 Å². The van der Waals surface area contributed by atoms with Crippen molar-refractivity contribution in [2.75, 3.05) is 25.0 Å². The third-order valence-corrected chi connectivity index (χ3v) is 5.08. The molecule has 11 heteroatoms. The molecule has 1 aromatic carbocycles. The summed E-state index contributed by atoms with van der Waals surface area (Å²) in [7, 11) is -3.84. The van der Waals surface area contributed by atoms with E-state index in [1.807, 2.05) is 0 Å². The molecular formula is C17H19FN6O3S. The van der Waals surface area contributed by atoms with Gasteiger partial charge in [0, 0.05) is 25.5 Å². The summed E-state index contributed by atoms with van der Waals surface area (Å²) in [5.41, 5.74) is 0. The van der Waals surface area contributed by atoms with Crippen LogP contribution in [0.4, 0.5) is 10.2 Å². The first kappa shape index (κ1) is 19.7. The molecular weight excluding hydrogens is 387 g/mol. The molecule has 0 radical (unpaired) electrons. The fourth-order valence-corrected chi connectivity index (χ4v) is 3.37. The molecule has 3 rings (SSSR count). The largest absolute Gasteiger partial charge is 0.491 e. The molecule has 0 saturated carbocycles. The van der Waals surface area contributed by atoms with Gasteiger partial charge in [-0.1, -0.05) is 0 Å². The number of nitrogens with zero attached hydrogens (tertiary/aromatic N) is 4. The zero-order valence-electron chi connectivity index (χ0n) is 15.0. The summed E-state index contributed by atoms with van der Waals surface area (Å²) in [6.07, 6.45) is 3.38. The van der Waals surface area contributed by atoms with E-state index in [1.54, 1.807) is 42.2 Å². The van der Waals surface area contributed by atoms with Gasteiger partial charge in [-0.2, -0.15) is 5.10 Å². The van der Waals surface area contributed by atoms with Crippen molar-refractivity contribution in [1.82, 2.24) is 24.7 Å². The van der Waals surface area contributed by atoms with E-state index in [4.69, 9.17) is 4.74 Å². The van der Waals surface area contributed by atoms with Crippen molar-refractivity contribution >= 4 is 15.8 Å². The molecule has 0 aliphatic rings. The lowest BCUT2D eigenvalue weighted by molar-refractivity contribution is 0.321. The number of ether oxygens (including phenoxy) is 1. The van der Waals surface area contributed by atoms with Gasteiger partial charge in [-0.3, -0.25) is 0 Å². The lowest BCUT2D eigenvalue weighted by Gasteiger charge is -2.10. The van der Waals surface area contributed by atoms with Gasteiger partial charge in [0.25, 0.3) is 0 Å². The maximum Gasteiger partial charge on any atom is 0.240 e. The first-order valence-corrected chi connectivity index (χ1v) is 9.97. The van der Waals surface area contributed by atoms with Crippen molar-refractivity contribution in [1.29, 1.82) is 0 Å². The predicted molar refractivity (Wildman–Crippen MR) is 100 cm³/mol. The standard InChI is InChI=1S/C17H19FN6O3S/c1-2-27-15-5-4-13(12-14(15)18)28(25,26)21-10-9-19-16-6-7-17(23-22-16)24-11-3-8-20-24/h3-8,11-12,21H,2,9-10H2,1H3,(H,19,22). The minimum absolute atomic E-state index is 0.0141. The Morgan fingerprint density at radius 1 is 1.18 bits per heavy atom. The Morgan fingerprint density at radius 2 is 2.04 bits per heavy atom. The maximum absolute atomic E-state index is 13.9. The number of hydrogen-bond acceptors (Lipinski definition) is 7. The van der Waals surface area contributed by atoms with Crippen LogP contribution in [0.5, 0.6) is 5.75 Å². The van der Waals surface area contributed by atoms with E-state index in [0.717, 1.165) is 6.07 Å². The van der Waals surface area contributed by atoms with E-state index < -0.39 is 15.8 Å². The second kappa shape index (κ2) is 8.76. The number of benzene rings is 1. The van der Waals surface area contributed by atoms with E-state index in [0.29, 0.717) is 18.2 Å². The van der Waals surface area contributed by atoms with Crippen molar-refractivity contribution in [2.45, 2.75) is 11.8 Å². The summed E-state index contributed by atoms with van der Waals surface area (Å²) in [4.78, 5) is -0.170. The van der Waals surface area contributed by atoms with Gasteiger partial charge >= 0.3 is 0 Å². The SMILES string of the molecule is CCOc1ccc(S(=O)(=O)NCCNc2ccc(-n3cccn3)nn2)cc1F. The molecule has 0 spiro atoms. The fraction of sp³-hybridized carbons (Fsp3) is 0.235. The van der Waals surface area contributed by atoms with Gasteiger partial charge in [-0.15, -0.1) is 10.2 Å². The zero-order chi connectivity index (χ0) is 20.0. The van der Waals surface area contributed by atoms with E-state index in [-0.39, 0.29) is 23.7 Å². The molecule has 3 aromatic rings. The van der Waals surface area contributed by atoms with Crippen LogP contribution in [-0.2, 0) is 10.0 Å². The van der Waals surface area contributed by atoms with Gasteiger partial charge in [-0.05, 0) is 43.3 Å². The van der Waals surface area contributed by atoms with Crippen molar-refractivity contribution in [2.24, 2.45) is 0 Å². The van der Waals surface area contributed by atoms with E-state index in [2.05, 4.69) is 25.3 Å². The number of halogens is 1. The Kier molecular flexibility index (Phi) is 6.16. The monoisotopic (exact) mass is 406 g/mol. The van der Waals surface area contributed by atoms with Gasteiger partial charge in [0.2, 0.25) is 10.0 Å². The van der Waals surface area contributed by atoms with Gasteiger partial charge < -0.3 is 10.1 Å². The smallest absolute Gasteiger partial charge is 0.240 e. The summed E-state index contributed by atoms with van der Waals surface area (Å²) in [5, 5.41) is 15.0. The number of rotatable bonds is 9. The number of aromatic nitrogens is 4. The highest BCUT2D eigenvalue weighted by Crippen LogP contribution is 2.20. The highest BCUT2D eigenvalue weighted by Gasteiger charge is 2.16. The number of sulfonamides is 1. The molecule has 0 aliphatic heterocycles. The first-order valence-electron chi connectivity index (χ1n) is 8.49. The van der Waals surface area contributed by atoms with E-state index >= 15 is 0 Å². The van der Waals surface area contributed by atoms with Crippen LogP contribution in [0, 0.1) is 5.82 Å². The van der Waals surface area contributed by atoms with Crippen LogP contribution in [0.2, 0.25) is 0 Å². The zero-order valence-corrected chi connectivity index (χ0v) is 15.9. The second-order valence-electron chi connectivity index (χ2n) is 5.58. The molecule has 0 bridgehead atoms. The average molecular weight is 406 g/mol. The summed E-state index contributed by atoms with van der Waals surface area (Å²) >= 11 is 0. The maximum atomic E-state index is 13.9. The van der Waals surface area contributed by atoms with Crippen LogP contribution < -0.4 is 14.8 Å².